The summed E-state index contributed by atoms with van der Waals surface area (Å²) in [5.41, 5.74) is 11.9. The molecule has 124 valence electrons. The van der Waals surface area contributed by atoms with E-state index in [0.29, 0.717) is 12.1 Å². The zero-order valence-corrected chi connectivity index (χ0v) is 14.0. The first-order valence-electron chi connectivity index (χ1n) is 7.50. The lowest BCUT2D eigenvalue weighted by molar-refractivity contribution is -0.127. The van der Waals surface area contributed by atoms with Gasteiger partial charge in [0.25, 0.3) is 0 Å². The molecule has 0 aliphatic heterocycles. The van der Waals surface area contributed by atoms with E-state index in [9.17, 15) is 9.59 Å². The largest absolute Gasteiger partial charge is 0.321 e. The Morgan fingerprint density at radius 3 is 2.32 bits per heavy atom. The Morgan fingerprint density at radius 1 is 1.23 bits per heavy atom. The highest BCUT2D eigenvalue weighted by atomic mass is 16.1. The van der Waals surface area contributed by atoms with Gasteiger partial charge in [0, 0.05) is 24.0 Å². The van der Waals surface area contributed by atoms with Crippen molar-refractivity contribution in [1.29, 1.82) is 0 Å². The van der Waals surface area contributed by atoms with Crippen molar-refractivity contribution >= 4 is 11.6 Å². The molecule has 0 aromatic carbocycles. The zero-order chi connectivity index (χ0) is 17.1. The Labute approximate surface area is 131 Å². The van der Waals surface area contributed by atoms with E-state index in [0.717, 1.165) is 0 Å². The number of Topliss-reactive ketones (excluding diaryl/α,β-unsaturated/α-hetero) is 2. The highest BCUT2D eigenvalue weighted by Gasteiger charge is 2.28. The van der Waals surface area contributed by atoms with Crippen LogP contribution in [-0.4, -0.2) is 38.6 Å². The smallest absolute Gasteiger partial charge is 0.155 e. The second kappa shape index (κ2) is 7.11. The third-order valence-corrected chi connectivity index (χ3v) is 3.41. The van der Waals surface area contributed by atoms with Crippen molar-refractivity contribution < 1.29 is 9.59 Å². The van der Waals surface area contributed by atoms with E-state index in [4.69, 9.17) is 11.5 Å². The van der Waals surface area contributed by atoms with E-state index in [1.807, 2.05) is 34.6 Å². The van der Waals surface area contributed by atoms with E-state index < -0.39 is 17.5 Å². The molecule has 2 atom stereocenters. The van der Waals surface area contributed by atoms with Crippen LogP contribution in [0.4, 0.5) is 0 Å². The van der Waals surface area contributed by atoms with Crippen molar-refractivity contribution in [3.05, 3.63) is 11.9 Å². The van der Waals surface area contributed by atoms with E-state index in [2.05, 4.69) is 10.3 Å². The molecule has 0 aliphatic rings. The average Bonchev–Trinajstić information content (AvgIpc) is 2.82. The monoisotopic (exact) mass is 309 g/mol. The average molecular weight is 309 g/mol. The van der Waals surface area contributed by atoms with Crippen molar-refractivity contribution in [3.8, 4) is 0 Å². The van der Waals surface area contributed by atoms with Gasteiger partial charge in [0.1, 0.15) is 0 Å². The van der Waals surface area contributed by atoms with Crippen molar-refractivity contribution in [2.45, 2.75) is 59.7 Å². The molecule has 7 nitrogen and oxygen atoms in total. The Bertz CT molecular complexity index is 530. The summed E-state index contributed by atoms with van der Waals surface area (Å²) in [5.74, 6) is -0.152. The fraction of sp³-hybridized carbons (Fsp3) is 0.733. The van der Waals surface area contributed by atoms with Gasteiger partial charge in [0.05, 0.1) is 24.3 Å². The summed E-state index contributed by atoms with van der Waals surface area (Å²) in [6.07, 6.45) is 2.01. The molecule has 0 radical (unpaired) electrons. The van der Waals surface area contributed by atoms with Crippen LogP contribution in [0.3, 0.4) is 0 Å². The number of rotatable bonds is 7. The number of hydrogen-bond acceptors (Lipinski definition) is 6. The molecule has 0 bridgehead atoms. The van der Waals surface area contributed by atoms with E-state index >= 15 is 0 Å². The summed E-state index contributed by atoms with van der Waals surface area (Å²) in [4.78, 5) is 23.9. The number of carbonyl (C=O) groups excluding carboxylic acids is 2. The van der Waals surface area contributed by atoms with E-state index in [1.165, 1.54) is 4.68 Å². The summed E-state index contributed by atoms with van der Waals surface area (Å²) in [6.45, 7) is 9.40. The van der Waals surface area contributed by atoms with Crippen LogP contribution in [-0.2, 0) is 22.6 Å². The third kappa shape index (κ3) is 4.99. The van der Waals surface area contributed by atoms with E-state index in [-0.39, 0.29) is 24.0 Å². The summed E-state index contributed by atoms with van der Waals surface area (Å²) >= 11 is 0. The van der Waals surface area contributed by atoms with Crippen LogP contribution in [0, 0.1) is 11.3 Å². The third-order valence-electron chi connectivity index (χ3n) is 3.41. The molecule has 0 aliphatic carbocycles. The first-order valence-corrected chi connectivity index (χ1v) is 7.50. The number of aromatic nitrogens is 3. The molecule has 0 spiro atoms. The predicted octanol–water partition coefficient (Wildman–Crippen LogP) is 0.316. The summed E-state index contributed by atoms with van der Waals surface area (Å²) in [6, 6.07) is -1.23. The first-order chi connectivity index (χ1) is 10.0. The number of nitrogens with zero attached hydrogens (tertiary/aromatic N) is 3. The minimum absolute atomic E-state index is 0.0170. The second-order valence-electron chi connectivity index (χ2n) is 7.02. The van der Waals surface area contributed by atoms with Crippen molar-refractivity contribution in [2.24, 2.45) is 22.8 Å². The molecule has 1 aromatic rings. The van der Waals surface area contributed by atoms with Gasteiger partial charge < -0.3 is 11.5 Å². The quantitative estimate of drug-likeness (QED) is 0.749. The van der Waals surface area contributed by atoms with Gasteiger partial charge in [0.15, 0.2) is 11.6 Å². The van der Waals surface area contributed by atoms with Gasteiger partial charge in [-0.25, -0.2) is 0 Å². The SMILES string of the molecule is CC(C)C(=O)C(N)Cn1cc(CC(N)C(=O)C(C)(C)C)nn1. The second-order valence-corrected chi connectivity index (χ2v) is 7.02. The molecule has 1 aromatic heterocycles. The van der Waals surface area contributed by atoms with Gasteiger partial charge >= 0.3 is 0 Å². The molecule has 7 heteroatoms. The summed E-state index contributed by atoms with van der Waals surface area (Å²) in [5, 5.41) is 7.93. The normalized spacial score (nSPS) is 14.9. The molecule has 2 unspecified atom stereocenters. The summed E-state index contributed by atoms with van der Waals surface area (Å²) < 4.78 is 1.52. The topological polar surface area (TPSA) is 117 Å². The van der Waals surface area contributed by atoms with Crippen LogP contribution in [0.2, 0.25) is 0 Å². The molecule has 1 heterocycles. The van der Waals surface area contributed by atoms with Crippen molar-refractivity contribution in [3.63, 3.8) is 0 Å². The van der Waals surface area contributed by atoms with Crippen LogP contribution in [0.1, 0.15) is 40.3 Å². The van der Waals surface area contributed by atoms with Crippen LogP contribution >= 0.6 is 0 Å². The predicted molar refractivity (Wildman–Crippen MR) is 84.0 cm³/mol. The van der Waals surface area contributed by atoms with Crippen molar-refractivity contribution in [1.82, 2.24) is 15.0 Å². The highest BCUT2D eigenvalue weighted by Crippen LogP contribution is 2.17. The highest BCUT2D eigenvalue weighted by molar-refractivity contribution is 5.88. The van der Waals surface area contributed by atoms with Gasteiger partial charge in [0.2, 0.25) is 0 Å². The number of hydrogen-bond donors (Lipinski definition) is 2. The maximum atomic E-state index is 12.1. The molecule has 0 saturated heterocycles. The molecule has 0 fully saturated rings. The molecular weight excluding hydrogens is 282 g/mol. The number of ketones is 2. The number of nitrogens with two attached hydrogens (primary N) is 2. The van der Waals surface area contributed by atoms with Crippen LogP contribution in [0.15, 0.2) is 6.20 Å². The molecule has 0 saturated carbocycles. The van der Waals surface area contributed by atoms with Crippen LogP contribution in [0.25, 0.3) is 0 Å². The molecule has 1 rings (SSSR count). The van der Waals surface area contributed by atoms with Crippen LogP contribution < -0.4 is 11.5 Å². The van der Waals surface area contributed by atoms with Gasteiger partial charge in [-0.05, 0) is 0 Å². The molecule has 4 N–H and O–H groups in total. The van der Waals surface area contributed by atoms with Crippen molar-refractivity contribution in [2.75, 3.05) is 0 Å². The van der Waals surface area contributed by atoms with Gasteiger partial charge in [-0.2, -0.15) is 0 Å². The van der Waals surface area contributed by atoms with Gasteiger partial charge in [-0.15, -0.1) is 5.10 Å². The number of carbonyl (C=O) groups is 2. The Kier molecular flexibility index (Phi) is 5.96. The molecule has 22 heavy (non-hydrogen) atoms. The Morgan fingerprint density at radius 2 is 1.82 bits per heavy atom. The van der Waals surface area contributed by atoms with Crippen LogP contribution in [0.5, 0.6) is 0 Å². The maximum absolute atomic E-state index is 12.1. The zero-order valence-electron chi connectivity index (χ0n) is 14.0. The Balaban J connectivity index is 2.65. The molecule has 0 amide bonds. The summed E-state index contributed by atoms with van der Waals surface area (Å²) in [7, 11) is 0. The molecular formula is C15H27N5O2. The lowest BCUT2D eigenvalue weighted by Gasteiger charge is -2.20. The van der Waals surface area contributed by atoms with Gasteiger partial charge in [-0.1, -0.05) is 39.8 Å². The Hall–Kier alpha value is -1.60. The minimum Gasteiger partial charge on any atom is -0.321 e. The fourth-order valence-corrected chi connectivity index (χ4v) is 2.12. The van der Waals surface area contributed by atoms with E-state index in [1.54, 1.807) is 6.20 Å². The first kappa shape index (κ1) is 18.4. The van der Waals surface area contributed by atoms with Gasteiger partial charge in [-0.3, -0.25) is 14.3 Å². The lowest BCUT2D eigenvalue weighted by Crippen LogP contribution is -2.40. The lowest BCUT2D eigenvalue weighted by atomic mass is 9.85. The standard InChI is InChI=1S/C15H27N5O2/c1-9(2)13(21)12(17)8-20-7-10(18-19-20)6-11(16)14(22)15(3,4)5/h7,9,11-12H,6,8,16-17H2,1-5H3. The fourth-order valence-electron chi connectivity index (χ4n) is 2.12. The maximum Gasteiger partial charge on any atom is 0.155 e. The minimum atomic E-state index is -0.615.